The molecule has 0 bridgehead atoms. The van der Waals surface area contributed by atoms with E-state index >= 15 is 0 Å². The molecule has 0 fully saturated rings. The Bertz CT molecular complexity index is 620. The molecule has 21 heavy (non-hydrogen) atoms. The molecule has 0 saturated carbocycles. The number of aliphatic hydroxyl groups excluding tert-OH is 1. The maximum atomic E-state index is 9.97. The van der Waals surface area contributed by atoms with Crippen molar-refractivity contribution < 1.29 is 19.3 Å². The monoisotopic (exact) mass is 288 g/mol. The zero-order valence-electron chi connectivity index (χ0n) is 12.7. The second kappa shape index (κ2) is 6.50. The number of methoxy groups -OCH3 is 2. The van der Waals surface area contributed by atoms with Crippen molar-refractivity contribution in [3.63, 3.8) is 0 Å². The van der Waals surface area contributed by atoms with E-state index in [2.05, 4.69) is 0 Å². The van der Waals surface area contributed by atoms with E-state index in [1.807, 2.05) is 31.2 Å². The van der Waals surface area contributed by atoms with E-state index in [1.165, 1.54) is 0 Å². The first-order valence-electron chi connectivity index (χ1n) is 6.74. The van der Waals surface area contributed by atoms with Gasteiger partial charge in [-0.25, -0.2) is 0 Å². The van der Waals surface area contributed by atoms with E-state index in [-0.39, 0.29) is 0 Å². The summed E-state index contributed by atoms with van der Waals surface area (Å²) in [5.74, 6) is 2.38. The third kappa shape index (κ3) is 3.28. The first-order chi connectivity index (χ1) is 10.1. The summed E-state index contributed by atoms with van der Waals surface area (Å²) in [4.78, 5) is 0. The van der Waals surface area contributed by atoms with Crippen LogP contribution in [0.25, 0.3) is 0 Å². The summed E-state index contributed by atoms with van der Waals surface area (Å²) in [5.41, 5.74) is 1.70. The fourth-order valence-corrected chi connectivity index (χ4v) is 2.18. The molecule has 0 unspecified atom stereocenters. The van der Waals surface area contributed by atoms with Gasteiger partial charge < -0.3 is 19.3 Å². The van der Waals surface area contributed by atoms with Gasteiger partial charge in [0.15, 0.2) is 11.5 Å². The SMILES string of the molecule is COc1cc(C)ccc1Oc1cccc(OC)c1[C@H](C)O. The van der Waals surface area contributed by atoms with Crippen LogP contribution in [0.3, 0.4) is 0 Å². The van der Waals surface area contributed by atoms with E-state index < -0.39 is 6.10 Å². The number of aryl methyl sites for hydroxylation is 1. The van der Waals surface area contributed by atoms with Gasteiger partial charge in [-0.2, -0.15) is 0 Å². The Morgan fingerprint density at radius 2 is 1.57 bits per heavy atom. The Morgan fingerprint density at radius 1 is 0.905 bits per heavy atom. The number of hydrogen-bond donors (Lipinski definition) is 1. The summed E-state index contributed by atoms with van der Waals surface area (Å²) >= 11 is 0. The van der Waals surface area contributed by atoms with E-state index in [1.54, 1.807) is 33.3 Å². The molecule has 0 saturated heterocycles. The van der Waals surface area contributed by atoms with Crippen molar-refractivity contribution in [1.29, 1.82) is 0 Å². The molecule has 2 aromatic rings. The summed E-state index contributed by atoms with van der Waals surface area (Å²) in [7, 11) is 3.17. The summed E-state index contributed by atoms with van der Waals surface area (Å²) in [6.07, 6.45) is -0.701. The van der Waals surface area contributed by atoms with Gasteiger partial charge in [0.05, 0.1) is 25.9 Å². The molecule has 4 heteroatoms. The second-order valence-electron chi connectivity index (χ2n) is 4.80. The molecule has 1 N–H and O–H groups in total. The Labute approximate surface area is 124 Å². The molecular formula is C17H20O4. The highest BCUT2D eigenvalue weighted by Gasteiger charge is 2.17. The van der Waals surface area contributed by atoms with Gasteiger partial charge in [-0.3, -0.25) is 0 Å². The maximum absolute atomic E-state index is 9.97. The molecule has 0 aromatic heterocycles. The molecule has 112 valence electrons. The van der Waals surface area contributed by atoms with Crippen LogP contribution in [0.5, 0.6) is 23.0 Å². The summed E-state index contributed by atoms with van der Waals surface area (Å²) in [6, 6.07) is 11.1. The molecule has 2 rings (SSSR count). The summed E-state index contributed by atoms with van der Waals surface area (Å²) in [5, 5.41) is 9.97. The van der Waals surface area contributed by atoms with Crippen molar-refractivity contribution in [2.45, 2.75) is 20.0 Å². The van der Waals surface area contributed by atoms with Crippen molar-refractivity contribution in [1.82, 2.24) is 0 Å². The van der Waals surface area contributed by atoms with Crippen LogP contribution in [0.2, 0.25) is 0 Å². The molecule has 0 aliphatic rings. The van der Waals surface area contributed by atoms with Crippen LogP contribution in [-0.4, -0.2) is 19.3 Å². The van der Waals surface area contributed by atoms with Crippen LogP contribution in [-0.2, 0) is 0 Å². The Morgan fingerprint density at radius 3 is 2.19 bits per heavy atom. The van der Waals surface area contributed by atoms with Crippen molar-refractivity contribution in [3.8, 4) is 23.0 Å². The number of hydrogen-bond acceptors (Lipinski definition) is 4. The van der Waals surface area contributed by atoms with Crippen LogP contribution >= 0.6 is 0 Å². The zero-order valence-corrected chi connectivity index (χ0v) is 12.7. The molecule has 0 amide bonds. The number of benzene rings is 2. The van der Waals surface area contributed by atoms with Crippen LogP contribution in [0.4, 0.5) is 0 Å². The zero-order chi connectivity index (χ0) is 15.4. The van der Waals surface area contributed by atoms with Crippen LogP contribution in [0, 0.1) is 6.92 Å². The third-order valence-electron chi connectivity index (χ3n) is 3.20. The third-order valence-corrected chi connectivity index (χ3v) is 3.20. The van der Waals surface area contributed by atoms with Crippen LogP contribution in [0.1, 0.15) is 24.2 Å². The number of ether oxygens (including phenoxy) is 3. The van der Waals surface area contributed by atoms with Gasteiger partial charge in [0.2, 0.25) is 0 Å². The van der Waals surface area contributed by atoms with Gasteiger partial charge in [0.25, 0.3) is 0 Å². The quantitative estimate of drug-likeness (QED) is 0.907. The van der Waals surface area contributed by atoms with E-state index in [0.29, 0.717) is 28.6 Å². The van der Waals surface area contributed by atoms with E-state index in [9.17, 15) is 5.11 Å². The topological polar surface area (TPSA) is 47.9 Å². The molecule has 4 nitrogen and oxygen atoms in total. The first-order valence-corrected chi connectivity index (χ1v) is 6.74. The van der Waals surface area contributed by atoms with Crippen LogP contribution in [0.15, 0.2) is 36.4 Å². The molecule has 0 spiro atoms. The van der Waals surface area contributed by atoms with Crippen molar-refractivity contribution in [2.24, 2.45) is 0 Å². The average Bonchev–Trinajstić information content (AvgIpc) is 2.48. The van der Waals surface area contributed by atoms with Gasteiger partial charge in [-0.15, -0.1) is 0 Å². The molecule has 0 heterocycles. The predicted octanol–water partition coefficient (Wildman–Crippen LogP) is 3.86. The van der Waals surface area contributed by atoms with Gasteiger partial charge in [-0.05, 0) is 43.7 Å². The fourth-order valence-electron chi connectivity index (χ4n) is 2.18. The molecular weight excluding hydrogens is 268 g/mol. The highest BCUT2D eigenvalue weighted by Crippen LogP contribution is 2.39. The smallest absolute Gasteiger partial charge is 0.169 e. The lowest BCUT2D eigenvalue weighted by Crippen LogP contribution is -2.00. The number of aliphatic hydroxyl groups is 1. The van der Waals surface area contributed by atoms with Crippen molar-refractivity contribution in [3.05, 3.63) is 47.5 Å². The Kier molecular flexibility index (Phi) is 4.70. The maximum Gasteiger partial charge on any atom is 0.169 e. The standard InChI is InChI=1S/C17H20O4/c1-11-8-9-13(16(10-11)20-4)21-15-7-5-6-14(19-3)17(15)12(2)18/h5-10,12,18H,1-4H3/t12-/m0/s1. The molecule has 0 aliphatic carbocycles. The predicted molar refractivity (Wildman–Crippen MR) is 81.4 cm³/mol. The van der Waals surface area contributed by atoms with Gasteiger partial charge in [-0.1, -0.05) is 12.1 Å². The molecule has 1 atom stereocenters. The lowest BCUT2D eigenvalue weighted by molar-refractivity contribution is 0.190. The first kappa shape index (κ1) is 15.2. The largest absolute Gasteiger partial charge is 0.496 e. The average molecular weight is 288 g/mol. The van der Waals surface area contributed by atoms with Crippen molar-refractivity contribution in [2.75, 3.05) is 14.2 Å². The van der Waals surface area contributed by atoms with Crippen LogP contribution < -0.4 is 14.2 Å². The second-order valence-corrected chi connectivity index (χ2v) is 4.80. The van der Waals surface area contributed by atoms with E-state index in [0.717, 1.165) is 5.56 Å². The van der Waals surface area contributed by atoms with E-state index in [4.69, 9.17) is 14.2 Å². The Balaban J connectivity index is 2.44. The highest BCUT2D eigenvalue weighted by atomic mass is 16.5. The summed E-state index contributed by atoms with van der Waals surface area (Å²) in [6.45, 7) is 3.66. The lowest BCUT2D eigenvalue weighted by atomic mass is 10.1. The van der Waals surface area contributed by atoms with Gasteiger partial charge >= 0.3 is 0 Å². The lowest BCUT2D eigenvalue weighted by Gasteiger charge is -2.17. The highest BCUT2D eigenvalue weighted by molar-refractivity contribution is 5.51. The minimum Gasteiger partial charge on any atom is -0.496 e. The minimum atomic E-state index is -0.701. The Hall–Kier alpha value is -2.20. The minimum absolute atomic E-state index is 0.548. The fraction of sp³-hybridized carbons (Fsp3) is 0.294. The molecule has 0 aliphatic heterocycles. The van der Waals surface area contributed by atoms with Gasteiger partial charge in [0, 0.05) is 0 Å². The summed E-state index contributed by atoms with van der Waals surface area (Å²) < 4.78 is 16.6. The molecule has 2 aromatic carbocycles. The number of rotatable bonds is 5. The van der Waals surface area contributed by atoms with Gasteiger partial charge in [0.1, 0.15) is 11.5 Å². The molecule has 0 radical (unpaired) electrons. The van der Waals surface area contributed by atoms with Crippen molar-refractivity contribution >= 4 is 0 Å². The normalized spacial score (nSPS) is 11.9.